The Hall–Kier alpha value is -2.09. The fraction of sp³-hybridized carbons (Fsp3) is 0.278. The smallest absolute Gasteiger partial charge is 0.255 e. The Morgan fingerprint density at radius 3 is 2.10 bits per heavy atom. The fourth-order valence-corrected chi connectivity index (χ4v) is 1.20. The number of hydrogen-bond donors (Lipinski definition) is 1. The van der Waals surface area contributed by atoms with E-state index in [1.807, 2.05) is 65.0 Å². The van der Waals surface area contributed by atoms with Crippen LogP contribution in [-0.4, -0.2) is 5.91 Å². The molecule has 0 bridgehead atoms. The van der Waals surface area contributed by atoms with Gasteiger partial charge in [0.05, 0.1) is 0 Å². The molecule has 0 saturated carbocycles. The minimum absolute atomic E-state index is 0.119. The number of hydrogen-bond acceptors (Lipinski definition) is 1. The predicted molar refractivity (Wildman–Crippen MR) is 90.9 cm³/mol. The van der Waals surface area contributed by atoms with Crippen LogP contribution in [0, 0.1) is 0 Å². The van der Waals surface area contributed by atoms with E-state index >= 15 is 0 Å². The molecule has 0 aromatic heterocycles. The third-order valence-corrected chi connectivity index (χ3v) is 2.02. The summed E-state index contributed by atoms with van der Waals surface area (Å²) >= 11 is 0. The van der Waals surface area contributed by atoms with Crippen molar-refractivity contribution in [1.82, 2.24) is 0 Å². The summed E-state index contributed by atoms with van der Waals surface area (Å²) in [6.07, 6.45) is 6.86. The summed E-state index contributed by atoms with van der Waals surface area (Å²) < 4.78 is 0. The number of rotatable bonds is 4. The first kappa shape index (κ1) is 20.2. The average Bonchev–Trinajstić information content (AvgIpc) is 2.53. The zero-order chi connectivity index (χ0) is 15.8. The van der Waals surface area contributed by atoms with Crippen LogP contribution in [0.2, 0.25) is 0 Å². The van der Waals surface area contributed by atoms with Gasteiger partial charge in [-0.15, -0.1) is 0 Å². The van der Waals surface area contributed by atoms with Crippen LogP contribution in [0.4, 0.5) is 5.69 Å². The number of carbonyl (C=O) groups excluding carboxylic acids is 1. The predicted octanol–water partition coefficient (Wildman–Crippen LogP) is 5.37. The number of nitrogens with one attached hydrogen (secondary N) is 1. The van der Waals surface area contributed by atoms with Gasteiger partial charge in [-0.05, 0) is 25.1 Å². The second-order valence-corrected chi connectivity index (χ2v) is 3.16. The maximum Gasteiger partial charge on any atom is 0.255 e. The van der Waals surface area contributed by atoms with Crippen molar-refractivity contribution in [2.45, 2.75) is 34.6 Å². The molecule has 1 amide bonds. The molecule has 1 aromatic rings. The lowest BCUT2D eigenvalue weighted by Gasteiger charge is -2.04. The number of allylic oxidation sites excluding steroid dienone is 3. The molecule has 1 aromatic carbocycles. The lowest BCUT2D eigenvalue weighted by atomic mass is 10.2. The van der Waals surface area contributed by atoms with Crippen molar-refractivity contribution < 1.29 is 4.79 Å². The first-order valence-electron chi connectivity index (χ1n) is 7.09. The van der Waals surface area contributed by atoms with Gasteiger partial charge in [0.2, 0.25) is 0 Å². The van der Waals surface area contributed by atoms with Crippen molar-refractivity contribution in [3.63, 3.8) is 0 Å². The molecular weight excluding hydrogens is 246 g/mol. The van der Waals surface area contributed by atoms with Crippen LogP contribution < -0.4 is 5.32 Å². The largest absolute Gasteiger partial charge is 0.322 e. The third-order valence-electron chi connectivity index (χ3n) is 2.02. The van der Waals surface area contributed by atoms with Gasteiger partial charge in [-0.2, -0.15) is 0 Å². The standard InChI is InChI=1S/C14H15NO.2C2H6/c1-3-5-9-12(4-2)14(16)15-13-10-7-6-8-11-13;2*1-2/h3-11H,1H2,2H3,(H,15,16);2*1-2H3/b9-5-,12-4+;;. The van der Waals surface area contributed by atoms with E-state index in [-0.39, 0.29) is 5.91 Å². The summed E-state index contributed by atoms with van der Waals surface area (Å²) in [5.74, 6) is -0.119. The van der Waals surface area contributed by atoms with Gasteiger partial charge in [0.15, 0.2) is 0 Å². The molecule has 0 heterocycles. The summed E-state index contributed by atoms with van der Waals surface area (Å²) in [6.45, 7) is 13.4. The number of anilines is 1. The molecule has 0 spiro atoms. The first-order chi connectivity index (χ1) is 9.77. The molecule has 2 nitrogen and oxygen atoms in total. The molecule has 0 aliphatic carbocycles. The Bertz CT molecular complexity index is 416. The van der Waals surface area contributed by atoms with Crippen molar-refractivity contribution in [2.24, 2.45) is 0 Å². The normalized spacial score (nSPS) is 9.75. The molecule has 110 valence electrons. The Morgan fingerprint density at radius 1 is 1.10 bits per heavy atom. The molecule has 0 atom stereocenters. The highest BCUT2D eigenvalue weighted by Gasteiger charge is 2.04. The molecule has 1 rings (SSSR count). The lowest BCUT2D eigenvalue weighted by molar-refractivity contribution is -0.112. The van der Waals surface area contributed by atoms with E-state index in [2.05, 4.69) is 11.9 Å². The molecule has 0 aliphatic rings. The SMILES string of the molecule is C=C/C=C\C(=C/C)C(=O)Nc1ccccc1.CC.CC. The molecule has 0 unspecified atom stereocenters. The highest BCUT2D eigenvalue weighted by molar-refractivity contribution is 6.05. The van der Waals surface area contributed by atoms with Crippen LogP contribution in [0.25, 0.3) is 0 Å². The Morgan fingerprint density at radius 2 is 1.65 bits per heavy atom. The number of amides is 1. The topological polar surface area (TPSA) is 29.1 Å². The van der Waals surface area contributed by atoms with E-state index in [0.29, 0.717) is 5.57 Å². The van der Waals surface area contributed by atoms with Crippen molar-refractivity contribution in [3.8, 4) is 0 Å². The van der Waals surface area contributed by atoms with Gasteiger partial charge in [-0.1, -0.05) is 70.7 Å². The highest BCUT2D eigenvalue weighted by Crippen LogP contribution is 2.08. The molecule has 20 heavy (non-hydrogen) atoms. The maximum atomic E-state index is 11.8. The van der Waals surface area contributed by atoms with Gasteiger partial charge in [0, 0.05) is 11.3 Å². The molecule has 0 aliphatic heterocycles. The summed E-state index contributed by atoms with van der Waals surface area (Å²) in [5.41, 5.74) is 1.41. The molecule has 2 heteroatoms. The van der Waals surface area contributed by atoms with Crippen molar-refractivity contribution >= 4 is 11.6 Å². The van der Waals surface area contributed by atoms with E-state index in [9.17, 15) is 4.79 Å². The van der Waals surface area contributed by atoms with Crippen LogP contribution in [0.3, 0.4) is 0 Å². The Balaban J connectivity index is 0. The molecular formula is C18H27NO. The van der Waals surface area contributed by atoms with Crippen molar-refractivity contribution in [3.05, 3.63) is 66.8 Å². The maximum absolute atomic E-state index is 11.8. The fourth-order valence-electron chi connectivity index (χ4n) is 1.20. The van der Waals surface area contributed by atoms with E-state index in [0.717, 1.165) is 5.69 Å². The average molecular weight is 273 g/mol. The summed E-state index contributed by atoms with van der Waals surface area (Å²) in [4.78, 5) is 11.8. The summed E-state index contributed by atoms with van der Waals surface area (Å²) in [7, 11) is 0. The molecule has 1 N–H and O–H groups in total. The zero-order valence-electron chi connectivity index (χ0n) is 13.3. The summed E-state index contributed by atoms with van der Waals surface area (Å²) in [5, 5.41) is 2.81. The van der Waals surface area contributed by atoms with Crippen LogP contribution in [0.5, 0.6) is 0 Å². The summed E-state index contributed by atoms with van der Waals surface area (Å²) in [6, 6.07) is 9.36. The van der Waals surface area contributed by atoms with E-state index in [1.165, 1.54) is 0 Å². The minimum Gasteiger partial charge on any atom is -0.322 e. The van der Waals surface area contributed by atoms with E-state index in [1.54, 1.807) is 24.3 Å². The van der Waals surface area contributed by atoms with Gasteiger partial charge in [0.25, 0.3) is 5.91 Å². The van der Waals surface area contributed by atoms with Gasteiger partial charge in [-0.25, -0.2) is 0 Å². The van der Waals surface area contributed by atoms with Gasteiger partial charge in [-0.3, -0.25) is 4.79 Å². The zero-order valence-corrected chi connectivity index (χ0v) is 13.3. The number of benzene rings is 1. The molecule has 0 radical (unpaired) electrons. The Kier molecular flexibility index (Phi) is 15.1. The number of carbonyl (C=O) groups is 1. The lowest BCUT2D eigenvalue weighted by Crippen LogP contribution is -2.12. The van der Waals surface area contributed by atoms with Crippen LogP contribution >= 0.6 is 0 Å². The molecule has 0 fully saturated rings. The second-order valence-electron chi connectivity index (χ2n) is 3.16. The van der Waals surface area contributed by atoms with Crippen molar-refractivity contribution in [1.29, 1.82) is 0 Å². The van der Waals surface area contributed by atoms with Gasteiger partial charge in [0.1, 0.15) is 0 Å². The van der Waals surface area contributed by atoms with Gasteiger partial charge < -0.3 is 5.32 Å². The number of para-hydroxylation sites is 1. The minimum atomic E-state index is -0.119. The van der Waals surface area contributed by atoms with Gasteiger partial charge >= 0.3 is 0 Å². The van der Waals surface area contributed by atoms with Crippen LogP contribution in [-0.2, 0) is 4.79 Å². The highest BCUT2D eigenvalue weighted by atomic mass is 16.1. The monoisotopic (exact) mass is 273 g/mol. The third kappa shape index (κ3) is 8.92. The van der Waals surface area contributed by atoms with Crippen molar-refractivity contribution in [2.75, 3.05) is 5.32 Å². The quantitative estimate of drug-likeness (QED) is 0.580. The van der Waals surface area contributed by atoms with E-state index in [4.69, 9.17) is 0 Å². The van der Waals surface area contributed by atoms with Crippen LogP contribution in [0.1, 0.15) is 34.6 Å². The second kappa shape index (κ2) is 15.0. The Labute approximate surface area is 123 Å². The van der Waals surface area contributed by atoms with Crippen LogP contribution in [0.15, 0.2) is 66.8 Å². The van der Waals surface area contributed by atoms with E-state index < -0.39 is 0 Å². The molecule has 0 saturated heterocycles. The first-order valence-corrected chi connectivity index (χ1v) is 7.09.